The molecule has 7 heteroatoms. The number of ether oxygens (including phenoxy) is 1. The van der Waals surface area contributed by atoms with Gasteiger partial charge in [0.15, 0.2) is 0 Å². The molecular formula is C26H23BrFN3O2. The minimum atomic E-state index is -0.286. The van der Waals surface area contributed by atoms with Gasteiger partial charge in [-0.05, 0) is 77.3 Å². The highest BCUT2D eigenvalue weighted by Crippen LogP contribution is 2.25. The molecule has 0 aliphatic carbocycles. The van der Waals surface area contributed by atoms with Gasteiger partial charge in [-0.25, -0.2) is 4.39 Å². The zero-order valence-electron chi connectivity index (χ0n) is 18.3. The van der Waals surface area contributed by atoms with Crippen molar-refractivity contribution in [3.63, 3.8) is 0 Å². The molecule has 0 saturated heterocycles. The van der Waals surface area contributed by atoms with Crippen LogP contribution in [0.1, 0.15) is 32.9 Å². The summed E-state index contributed by atoms with van der Waals surface area (Å²) in [5.41, 5.74) is 4.38. The molecule has 0 aliphatic heterocycles. The summed E-state index contributed by atoms with van der Waals surface area (Å²) in [4.78, 5) is 13.0. The van der Waals surface area contributed by atoms with E-state index in [0.29, 0.717) is 30.1 Å². The molecule has 4 rings (SSSR count). The fraction of sp³-hybridized carbons (Fsp3) is 0.154. The molecule has 0 fully saturated rings. The number of benzene rings is 3. The van der Waals surface area contributed by atoms with Gasteiger partial charge in [-0.1, -0.05) is 36.4 Å². The van der Waals surface area contributed by atoms with Crippen LogP contribution in [0.15, 0.2) is 77.3 Å². The average Bonchev–Trinajstić information content (AvgIpc) is 3.06. The van der Waals surface area contributed by atoms with Gasteiger partial charge in [0, 0.05) is 5.56 Å². The van der Waals surface area contributed by atoms with E-state index in [2.05, 4.69) is 26.3 Å². The molecule has 1 heterocycles. The number of carbonyl (C=O) groups excluding carboxylic acids is 1. The molecule has 3 aromatic carbocycles. The first kappa shape index (κ1) is 22.7. The predicted molar refractivity (Wildman–Crippen MR) is 130 cm³/mol. The molecule has 1 aromatic heterocycles. The number of carbonyl (C=O) groups is 1. The molecule has 0 radical (unpaired) electrons. The number of aromatic nitrogens is 2. The second kappa shape index (κ2) is 10.0. The van der Waals surface area contributed by atoms with Crippen LogP contribution in [-0.4, -0.2) is 15.7 Å². The summed E-state index contributed by atoms with van der Waals surface area (Å²) >= 11 is 3.47. The van der Waals surface area contributed by atoms with Crippen LogP contribution in [0.4, 0.5) is 10.1 Å². The van der Waals surface area contributed by atoms with Crippen LogP contribution in [0.3, 0.4) is 0 Å². The molecule has 0 atom stereocenters. The number of hydrogen-bond acceptors (Lipinski definition) is 3. The Kier molecular flexibility index (Phi) is 6.89. The number of halogens is 2. The third kappa shape index (κ3) is 5.49. The summed E-state index contributed by atoms with van der Waals surface area (Å²) in [5, 5.41) is 7.50. The van der Waals surface area contributed by atoms with Crippen LogP contribution >= 0.6 is 15.9 Å². The Bertz CT molecular complexity index is 1300. The normalized spacial score (nSPS) is 10.8. The molecule has 0 saturated carbocycles. The highest BCUT2D eigenvalue weighted by atomic mass is 79.9. The Morgan fingerprint density at radius 3 is 2.58 bits per heavy atom. The topological polar surface area (TPSA) is 56.2 Å². The number of nitrogens with one attached hydrogen (secondary N) is 1. The number of aryl methyl sites for hydroxylation is 1. The fourth-order valence-corrected chi connectivity index (χ4v) is 3.95. The molecule has 1 N–H and O–H groups in total. The second-order valence-electron chi connectivity index (χ2n) is 7.71. The number of para-hydroxylation sites is 1. The molecule has 0 unspecified atom stereocenters. The first-order chi connectivity index (χ1) is 15.9. The van der Waals surface area contributed by atoms with Crippen molar-refractivity contribution in [2.45, 2.75) is 27.0 Å². The zero-order chi connectivity index (χ0) is 23.4. The molecule has 5 nitrogen and oxygen atoms in total. The van der Waals surface area contributed by atoms with E-state index in [0.717, 1.165) is 27.0 Å². The largest absolute Gasteiger partial charge is 0.488 e. The Balaban J connectivity index is 1.46. The van der Waals surface area contributed by atoms with Gasteiger partial charge in [-0.3, -0.25) is 9.48 Å². The van der Waals surface area contributed by atoms with Crippen molar-refractivity contribution in [3.05, 3.63) is 111 Å². The SMILES string of the molecule is Cc1nn(Cc2cccc(F)c2)c(C)c1NC(=O)c1cccc(COc2ccccc2Br)c1. The minimum absolute atomic E-state index is 0.228. The first-order valence-corrected chi connectivity index (χ1v) is 11.3. The second-order valence-corrected chi connectivity index (χ2v) is 8.56. The summed E-state index contributed by atoms with van der Waals surface area (Å²) < 4.78 is 22.0. The molecule has 0 bridgehead atoms. The third-order valence-electron chi connectivity index (χ3n) is 5.26. The van der Waals surface area contributed by atoms with E-state index in [4.69, 9.17) is 4.74 Å². The van der Waals surface area contributed by atoms with E-state index in [1.54, 1.807) is 16.8 Å². The molecule has 0 aliphatic rings. The lowest BCUT2D eigenvalue weighted by atomic mass is 10.1. The van der Waals surface area contributed by atoms with E-state index in [-0.39, 0.29) is 11.7 Å². The van der Waals surface area contributed by atoms with E-state index < -0.39 is 0 Å². The van der Waals surface area contributed by atoms with Crippen LogP contribution in [0, 0.1) is 19.7 Å². The van der Waals surface area contributed by atoms with Crippen LogP contribution in [0.5, 0.6) is 5.75 Å². The molecular weight excluding hydrogens is 485 g/mol. The van der Waals surface area contributed by atoms with Gasteiger partial charge in [0.1, 0.15) is 18.2 Å². The Morgan fingerprint density at radius 2 is 1.79 bits per heavy atom. The van der Waals surface area contributed by atoms with Gasteiger partial charge in [-0.15, -0.1) is 0 Å². The van der Waals surface area contributed by atoms with Gasteiger partial charge >= 0.3 is 0 Å². The monoisotopic (exact) mass is 507 g/mol. The maximum atomic E-state index is 13.5. The third-order valence-corrected chi connectivity index (χ3v) is 5.92. The lowest BCUT2D eigenvalue weighted by molar-refractivity contribution is 0.102. The number of amides is 1. The number of hydrogen-bond donors (Lipinski definition) is 1. The Hall–Kier alpha value is -3.45. The van der Waals surface area contributed by atoms with Crippen LogP contribution < -0.4 is 10.1 Å². The van der Waals surface area contributed by atoms with E-state index in [1.807, 2.05) is 62.4 Å². The van der Waals surface area contributed by atoms with Gasteiger partial charge < -0.3 is 10.1 Å². The highest BCUT2D eigenvalue weighted by molar-refractivity contribution is 9.10. The van der Waals surface area contributed by atoms with Gasteiger partial charge in [0.25, 0.3) is 5.91 Å². The van der Waals surface area contributed by atoms with Crippen molar-refractivity contribution < 1.29 is 13.9 Å². The van der Waals surface area contributed by atoms with Crippen molar-refractivity contribution in [1.29, 1.82) is 0 Å². The van der Waals surface area contributed by atoms with E-state index in [9.17, 15) is 9.18 Å². The lowest BCUT2D eigenvalue weighted by Crippen LogP contribution is -2.14. The molecule has 0 spiro atoms. The quantitative estimate of drug-likeness (QED) is 0.320. The first-order valence-electron chi connectivity index (χ1n) is 10.5. The summed E-state index contributed by atoms with van der Waals surface area (Å²) in [6, 6.07) is 21.4. The number of nitrogens with zero attached hydrogens (tertiary/aromatic N) is 2. The van der Waals surface area contributed by atoms with Crippen molar-refractivity contribution in [2.75, 3.05) is 5.32 Å². The summed E-state index contributed by atoms with van der Waals surface area (Å²) in [6.45, 7) is 4.49. The number of rotatable bonds is 7. The van der Waals surface area contributed by atoms with Crippen LogP contribution in [0.2, 0.25) is 0 Å². The highest BCUT2D eigenvalue weighted by Gasteiger charge is 2.16. The van der Waals surface area contributed by atoms with Crippen molar-refractivity contribution in [2.24, 2.45) is 0 Å². The smallest absolute Gasteiger partial charge is 0.255 e. The average molecular weight is 508 g/mol. The fourth-order valence-electron chi connectivity index (χ4n) is 3.55. The Morgan fingerprint density at radius 1 is 1.03 bits per heavy atom. The maximum absolute atomic E-state index is 13.5. The standard InChI is InChI=1S/C26H23BrFN3O2/c1-17-25(18(2)31(30-17)15-19-7-6-10-22(28)14-19)29-26(32)21-9-5-8-20(13-21)16-33-24-12-4-3-11-23(24)27/h3-14H,15-16H2,1-2H3,(H,29,32). The molecule has 1 amide bonds. The van der Waals surface area contributed by atoms with Crippen LogP contribution in [0.25, 0.3) is 0 Å². The minimum Gasteiger partial charge on any atom is -0.488 e. The number of anilines is 1. The van der Waals surface area contributed by atoms with E-state index >= 15 is 0 Å². The zero-order valence-corrected chi connectivity index (χ0v) is 19.9. The van der Waals surface area contributed by atoms with Gasteiger partial charge in [0.05, 0.1) is 28.1 Å². The summed E-state index contributed by atoms with van der Waals surface area (Å²) in [6.07, 6.45) is 0. The summed E-state index contributed by atoms with van der Waals surface area (Å²) in [5.74, 6) is 0.226. The summed E-state index contributed by atoms with van der Waals surface area (Å²) in [7, 11) is 0. The lowest BCUT2D eigenvalue weighted by Gasteiger charge is -2.10. The van der Waals surface area contributed by atoms with E-state index in [1.165, 1.54) is 12.1 Å². The Labute approximate surface area is 200 Å². The van der Waals surface area contributed by atoms with Gasteiger partial charge in [0.2, 0.25) is 0 Å². The van der Waals surface area contributed by atoms with Gasteiger partial charge in [-0.2, -0.15) is 5.10 Å². The molecule has 33 heavy (non-hydrogen) atoms. The molecule has 4 aromatic rings. The van der Waals surface area contributed by atoms with Crippen molar-refractivity contribution >= 4 is 27.5 Å². The van der Waals surface area contributed by atoms with Crippen molar-refractivity contribution in [1.82, 2.24) is 9.78 Å². The molecule has 168 valence electrons. The van der Waals surface area contributed by atoms with Crippen molar-refractivity contribution in [3.8, 4) is 5.75 Å². The van der Waals surface area contributed by atoms with Crippen LogP contribution in [-0.2, 0) is 13.2 Å². The maximum Gasteiger partial charge on any atom is 0.255 e. The predicted octanol–water partition coefficient (Wildman–Crippen LogP) is 6.28.